The summed E-state index contributed by atoms with van der Waals surface area (Å²) in [6.45, 7) is 0. The number of anilines is 1. The van der Waals surface area contributed by atoms with Crippen LogP contribution in [-0.2, 0) is 4.79 Å². The van der Waals surface area contributed by atoms with E-state index in [1.54, 1.807) is 54.6 Å². The largest absolute Gasteiger partial charge is 0.478 e. The SMILES string of the molecule is O=C(Nc1cccc(C(=O)O)c1)/C(=C\c1ccc(Cl)cc1)NC(=O)c1ccccc1Br. The predicted octanol–water partition coefficient (Wildman–Crippen LogP) is 5.21. The van der Waals surface area contributed by atoms with Crippen LogP contribution in [0, 0.1) is 0 Å². The first kappa shape index (κ1) is 22.3. The molecule has 3 N–H and O–H groups in total. The monoisotopic (exact) mass is 498 g/mol. The van der Waals surface area contributed by atoms with Crippen LogP contribution in [-0.4, -0.2) is 22.9 Å². The van der Waals surface area contributed by atoms with E-state index in [9.17, 15) is 14.4 Å². The summed E-state index contributed by atoms with van der Waals surface area (Å²) in [5, 5.41) is 14.9. The normalized spacial score (nSPS) is 11.0. The molecule has 0 saturated carbocycles. The van der Waals surface area contributed by atoms with Crippen LogP contribution >= 0.6 is 27.5 Å². The number of carboxylic acids is 1. The standard InChI is InChI=1S/C23H16BrClN2O4/c24-19-7-2-1-6-18(19)21(28)27-20(12-14-8-10-16(25)11-9-14)22(29)26-17-5-3-4-15(13-17)23(30)31/h1-13H,(H,26,29)(H,27,28)(H,30,31)/b20-12+. The number of rotatable bonds is 6. The predicted molar refractivity (Wildman–Crippen MR) is 123 cm³/mol. The van der Waals surface area contributed by atoms with Crippen LogP contribution in [0.15, 0.2) is 83.0 Å². The van der Waals surface area contributed by atoms with Crippen molar-refractivity contribution in [1.82, 2.24) is 5.32 Å². The number of carboxylic acid groups (broad SMARTS) is 1. The van der Waals surface area contributed by atoms with Crippen molar-refractivity contribution in [1.29, 1.82) is 0 Å². The summed E-state index contributed by atoms with van der Waals surface area (Å²) in [5.74, 6) is -2.21. The Labute approximate surface area is 191 Å². The molecule has 0 aromatic heterocycles. The number of benzene rings is 3. The fraction of sp³-hybridized carbons (Fsp3) is 0. The van der Waals surface area contributed by atoms with Gasteiger partial charge in [-0.3, -0.25) is 9.59 Å². The van der Waals surface area contributed by atoms with Crippen LogP contribution < -0.4 is 10.6 Å². The Morgan fingerprint density at radius 3 is 2.32 bits per heavy atom. The van der Waals surface area contributed by atoms with Gasteiger partial charge in [0.15, 0.2) is 0 Å². The zero-order valence-corrected chi connectivity index (χ0v) is 18.3. The number of halogens is 2. The van der Waals surface area contributed by atoms with E-state index >= 15 is 0 Å². The van der Waals surface area contributed by atoms with Gasteiger partial charge in [0, 0.05) is 15.2 Å². The maximum Gasteiger partial charge on any atom is 0.335 e. The molecule has 31 heavy (non-hydrogen) atoms. The molecule has 2 amide bonds. The van der Waals surface area contributed by atoms with E-state index in [0.29, 0.717) is 20.6 Å². The summed E-state index contributed by atoms with van der Waals surface area (Å²) in [4.78, 5) is 36.9. The molecule has 0 bridgehead atoms. The molecule has 3 rings (SSSR count). The van der Waals surface area contributed by atoms with Crippen molar-refractivity contribution in [2.75, 3.05) is 5.32 Å². The Morgan fingerprint density at radius 2 is 1.65 bits per heavy atom. The lowest BCUT2D eigenvalue weighted by Gasteiger charge is -2.12. The van der Waals surface area contributed by atoms with Gasteiger partial charge in [0.1, 0.15) is 5.70 Å². The zero-order valence-electron chi connectivity index (χ0n) is 15.9. The molecule has 6 nitrogen and oxygen atoms in total. The summed E-state index contributed by atoms with van der Waals surface area (Å²) in [6.07, 6.45) is 1.50. The molecule has 0 radical (unpaired) electrons. The van der Waals surface area contributed by atoms with Gasteiger partial charge in [-0.2, -0.15) is 0 Å². The van der Waals surface area contributed by atoms with Crippen LogP contribution in [0.3, 0.4) is 0 Å². The molecule has 156 valence electrons. The van der Waals surface area contributed by atoms with E-state index in [1.165, 1.54) is 24.3 Å². The number of carbonyl (C=O) groups is 3. The van der Waals surface area contributed by atoms with Crippen LogP contribution in [0.2, 0.25) is 5.02 Å². The molecule has 0 spiro atoms. The third kappa shape index (κ3) is 6.04. The van der Waals surface area contributed by atoms with Gasteiger partial charge in [0.25, 0.3) is 11.8 Å². The van der Waals surface area contributed by atoms with E-state index < -0.39 is 17.8 Å². The van der Waals surface area contributed by atoms with Crippen molar-refractivity contribution in [2.24, 2.45) is 0 Å². The van der Waals surface area contributed by atoms with Crippen molar-refractivity contribution in [3.8, 4) is 0 Å². The summed E-state index contributed by atoms with van der Waals surface area (Å²) >= 11 is 9.24. The highest BCUT2D eigenvalue weighted by Crippen LogP contribution is 2.18. The molecule has 0 unspecified atom stereocenters. The van der Waals surface area contributed by atoms with E-state index in [-0.39, 0.29) is 16.9 Å². The van der Waals surface area contributed by atoms with Gasteiger partial charge in [-0.05, 0) is 70.0 Å². The first-order valence-electron chi connectivity index (χ1n) is 9.01. The van der Waals surface area contributed by atoms with Gasteiger partial charge in [-0.25, -0.2) is 4.79 Å². The molecule has 0 heterocycles. The fourth-order valence-electron chi connectivity index (χ4n) is 2.65. The molecule has 3 aromatic rings. The van der Waals surface area contributed by atoms with Crippen LogP contribution in [0.4, 0.5) is 5.69 Å². The van der Waals surface area contributed by atoms with Crippen LogP contribution in [0.5, 0.6) is 0 Å². The topological polar surface area (TPSA) is 95.5 Å². The van der Waals surface area contributed by atoms with E-state index in [0.717, 1.165) is 0 Å². The number of nitrogens with one attached hydrogen (secondary N) is 2. The van der Waals surface area contributed by atoms with Crippen LogP contribution in [0.1, 0.15) is 26.3 Å². The molecule has 0 fully saturated rings. The number of amides is 2. The molecule has 0 aliphatic heterocycles. The van der Waals surface area contributed by atoms with Crippen molar-refractivity contribution in [3.63, 3.8) is 0 Å². The maximum absolute atomic E-state index is 12.9. The lowest BCUT2D eigenvalue weighted by atomic mass is 10.1. The Bertz CT molecular complexity index is 1180. The summed E-state index contributed by atoms with van der Waals surface area (Å²) in [6, 6.07) is 19.4. The average Bonchev–Trinajstić information content (AvgIpc) is 2.75. The Hall–Kier alpha value is -3.42. The number of hydrogen-bond donors (Lipinski definition) is 3. The third-order valence-electron chi connectivity index (χ3n) is 4.16. The number of aromatic carboxylic acids is 1. The van der Waals surface area contributed by atoms with Gasteiger partial charge >= 0.3 is 5.97 Å². The van der Waals surface area contributed by atoms with Crippen molar-refractivity contribution in [2.45, 2.75) is 0 Å². The second-order valence-electron chi connectivity index (χ2n) is 6.38. The minimum Gasteiger partial charge on any atom is -0.478 e. The molecule has 0 atom stereocenters. The van der Waals surface area contributed by atoms with Crippen LogP contribution in [0.25, 0.3) is 6.08 Å². The third-order valence-corrected chi connectivity index (χ3v) is 5.10. The molecule has 8 heteroatoms. The maximum atomic E-state index is 12.9. The lowest BCUT2D eigenvalue weighted by molar-refractivity contribution is -0.113. The molecule has 0 aliphatic carbocycles. The first-order chi connectivity index (χ1) is 14.8. The van der Waals surface area contributed by atoms with E-state index in [4.69, 9.17) is 16.7 Å². The van der Waals surface area contributed by atoms with E-state index in [2.05, 4.69) is 26.6 Å². The van der Waals surface area contributed by atoms with Gasteiger partial charge in [-0.1, -0.05) is 41.9 Å². The van der Waals surface area contributed by atoms with Gasteiger partial charge in [0.05, 0.1) is 11.1 Å². The molecular weight excluding hydrogens is 484 g/mol. The zero-order chi connectivity index (χ0) is 22.4. The minimum absolute atomic E-state index is 0.0243. The van der Waals surface area contributed by atoms with E-state index in [1.807, 2.05) is 0 Å². The average molecular weight is 500 g/mol. The highest BCUT2D eigenvalue weighted by atomic mass is 79.9. The summed E-state index contributed by atoms with van der Waals surface area (Å²) in [5.41, 5.74) is 1.27. The van der Waals surface area contributed by atoms with Gasteiger partial charge in [-0.15, -0.1) is 0 Å². The van der Waals surface area contributed by atoms with Crippen molar-refractivity contribution >= 4 is 57.1 Å². The number of carbonyl (C=O) groups excluding carboxylic acids is 2. The number of hydrogen-bond acceptors (Lipinski definition) is 3. The highest BCUT2D eigenvalue weighted by molar-refractivity contribution is 9.10. The van der Waals surface area contributed by atoms with Crippen molar-refractivity contribution < 1.29 is 19.5 Å². The van der Waals surface area contributed by atoms with Gasteiger partial charge < -0.3 is 15.7 Å². The Balaban J connectivity index is 1.91. The molecular formula is C23H16BrClN2O4. The lowest BCUT2D eigenvalue weighted by Crippen LogP contribution is -2.31. The highest BCUT2D eigenvalue weighted by Gasteiger charge is 2.17. The Morgan fingerprint density at radius 1 is 0.935 bits per heavy atom. The summed E-state index contributed by atoms with van der Waals surface area (Å²) < 4.78 is 0.577. The van der Waals surface area contributed by atoms with Gasteiger partial charge in [0.2, 0.25) is 0 Å². The molecule has 3 aromatic carbocycles. The smallest absolute Gasteiger partial charge is 0.335 e. The second kappa shape index (κ2) is 10.1. The molecule has 0 aliphatic rings. The fourth-order valence-corrected chi connectivity index (χ4v) is 3.24. The Kier molecular flexibility index (Phi) is 7.23. The quantitative estimate of drug-likeness (QED) is 0.406. The first-order valence-corrected chi connectivity index (χ1v) is 10.2. The van der Waals surface area contributed by atoms with Crippen molar-refractivity contribution in [3.05, 3.63) is 105 Å². The summed E-state index contributed by atoms with van der Waals surface area (Å²) in [7, 11) is 0. The second-order valence-corrected chi connectivity index (χ2v) is 7.67. The minimum atomic E-state index is -1.12. The molecule has 0 saturated heterocycles.